The van der Waals surface area contributed by atoms with E-state index in [2.05, 4.69) is 5.32 Å². The highest BCUT2D eigenvalue weighted by Crippen LogP contribution is 2.20. The zero-order valence-corrected chi connectivity index (χ0v) is 18.0. The Morgan fingerprint density at radius 2 is 1.82 bits per heavy atom. The van der Waals surface area contributed by atoms with E-state index >= 15 is 0 Å². The average Bonchev–Trinajstić information content (AvgIpc) is 2.95. The average molecular weight is 410 g/mol. The van der Waals surface area contributed by atoms with E-state index in [0.717, 1.165) is 23.2 Å². The second-order valence-electron chi connectivity index (χ2n) is 7.63. The first kappa shape index (κ1) is 22.4. The molecule has 2 rings (SSSR count). The van der Waals surface area contributed by atoms with Crippen LogP contribution >= 0.6 is 0 Å². The lowest BCUT2D eigenvalue weighted by molar-refractivity contribution is -0.134. The van der Waals surface area contributed by atoms with Crippen LogP contribution in [0, 0.1) is 13.8 Å². The number of para-hydroxylation sites is 1. The molecule has 0 unspecified atom stereocenters. The Morgan fingerprint density at radius 1 is 1.18 bits per heavy atom. The van der Waals surface area contributed by atoms with Crippen molar-refractivity contribution >= 4 is 27.3 Å². The van der Waals surface area contributed by atoms with Crippen molar-refractivity contribution in [2.75, 3.05) is 43.5 Å². The van der Waals surface area contributed by atoms with Gasteiger partial charge in [-0.1, -0.05) is 25.1 Å². The van der Waals surface area contributed by atoms with E-state index in [1.54, 1.807) is 16.8 Å². The number of aryl methyl sites for hydroxylation is 2. The highest BCUT2D eigenvalue weighted by molar-refractivity contribution is 7.91. The topological polar surface area (TPSA) is 86.8 Å². The molecule has 1 heterocycles. The maximum absolute atomic E-state index is 12.7. The molecule has 0 bridgehead atoms. The maximum Gasteiger partial charge on any atom is 0.238 e. The second kappa shape index (κ2) is 9.52. The standard InChI is InChI=1S/C20H31N3O4S/c1-5-10-23(17-9-11-28(26,27)14-17)19(25)13-22(4)12-18(24)21-20-15(2)7-6-8-16(20)3/h6-8,17H,5,9-14H2,1-4H3,(H,21,24)/t17-/m1/s1. The lowest BCUT2D eigenvalue weighted by Gasteiger charge is -2.29. The second-order valence-corrected chi connectivity index (χ2v) is 9.86. The lowest BCUT2D eigenvalue weighted by atomic mass is 10.1. The predicted octanol–water partition coefficient (Wildman–Crippen LogP) is 1.60. The van der Waals surface area contributed by atoms with Gasteiger partial charge in [0, 0.05) is 18.3 Å². The number of nitrogens with one attached hydrogen (secondary N) is 1. The Labute approximate surface area is 168 Å². The molecule has 2 amide bonds. The molecule has 1 aliphatic heterocycles. The van der Waals surface area contributed by atoms with Crippen LogP contribution in [0.25, 0.3) is 0 Å². The third-order valence-corrected chi connectivity index (χ3v) is 6.75. The van der Waals surface area contributed by atoms with Crippen LogP contribution < -0.4 is 5.32 Å². The SMILES string of the molecule is CCCN(C(=O)CN(C)CC(=O)Nc1c(C)cccc1C)[C@@H]1CCS(=O)(=O)C1. The smallest absolute Gasteiger partial charge is 0.238 e. The van der Waals surface area contributed by atoms with Crippen LogP contribution in [0.15, 0.2) is 18.2 Å². The van der Waals surface area contributed by atoms with Crippen molar-refractivity contribution in [3.8, 4) is 0 Å². The highest BCUT2D eigenvalue weighted by Gasteiger charge is 2.34. The number of sulfone groups is 1. The Balaban J connectivity index is 1.93. The number of carbonyl (C=O) groups excluding carboxylic acids is 2. The van der Waals surface area contributed by atoms with Crippen molar-refractivity contribution in [3.63, 3.8) is 0 Å². The van der Waals surface area contributed by atoms with Gasteiger partial charge >= 0.3 is 0 Å². The molecule has 1 fully saturated rings. The largest absolute Gasteiger partial charge is 0.338 e. The van der Waals surface area contributed by atoms with Gasteiger partial charge < -0.3 is 10.2 Å². The van der Waals surface area contributed by atoms with Gasteiger partial charge in [0.15, 0.2) is 9.84 Å². The molecule has 1 aromatic carbocycles. The van der Waals surface area contributed by atoms with Crippen LogP contribution in [-0.2, 0) is 19.4 Å². The number of benzene rings is 1. The fourth-order valence-corrected chi connectivity index (χ4v) is 5.32. The van der Waals surface area contributed by atoms with Crippen LogP contribution in [0.5, 0.6) is 0 Å². The summed E-state index contributed by atoms with van der Waals surface area (Å²) in [6.07, 6.45) is 1.25. The first-order valence-electron chi connectivity index (χ1n) is 9.67. The summed E-state index contributed by atoms with van der Waals surface area (Å²) in [6, 6.07) is 5.56. The molecular formula is C20H31N3O4S. The number of carbonyl (C=O) groups is 2. The van der Waals surface area contributed by atoms with E-state index in [1.807, 2.05) is 39.0 Å². The summed E-state index contributed by atoms with van der Waals surface area (Å²) in [7, 11) is -1.33. The lowest BCUT2D eigenvalue weighted by Crippen LogP contribution is -2.47. The molecule has 0 spiro atoms. The predicted molar refractivity (Wildman–Crippen MR) is 111 cm³/mol. The van der Waals surface area contributed by atoms with Crippen molar-refractivity contribution in [2.45, 2.75) is 39.7 Å². The van der Waals surface area contributed by atoms with Crippen molar-refractivity contribution in [1.29, 1.82) is 0 Å². The summed E-state index contributed by atoms with van der Waals surface area (Å²) in [5, 5.41) is 2.92. The molecular weight excluding hydrogens is 378 g/mol. The summed E-state index contributed by atoms with van der Waals surface area (Å²) in [4.78, 5) is 28.5. The number of rotatable bonds is 8. The molecule has 1 saturated heterocycles. The molecule has 28 heavy (non-hydrogen) atoms. The Morgan fingerprint density at radius 3 is 2.36 bits per heavy atom. The van der Waals surface area contributed by atoms with Crippen molar-refractivity contribution in [1.82, 2.24) is 9.80 Å². The van der Waals surface area contributed by atoms with Crippen molar-refractivity contribution in [2.24, 2.45) is 0 Å². The van der Waals surface area contributed by atoms with Crippen LogP contribution in [-0.4, -0.2) is 74.3 Å². The number of amides is 2. The van der Waals surface area contributed by atoms with Gasteiger partial charge in [-0.05, 0) is 44.9 Å². The molecule has 7 nitrogen and oxygen atoms in total. The first-order valence-corrected chi connectivity index (χ1v) is 11.5. The number of likely N-dealkylation sites (N-methyl/N-ethyl adjacent to an activating group) is 1. The van der Waals surface area contributed by atoms with E-state index < -0.39 is 9.84 Å². The molecule has 0 aliphatic carbocycles. The van der Waals surface area contributed by atoms with Crippen molar-refractivity contribution < 1.29 is 18.0 Å². The number of nitrogens with zero attached hydrogens (tertiary/aromatic N) is 2. The Bertz CT molecular complexity index is 802. The van der Waals surface area contributed by atoms with E-state index in [0.29, 0.717) is 13.0 Å². The van der Waals surface area contributed by atoms with Gasteiger partial charge in [-0.2, -0.15) is 0 Å². The van der Waals surface area contributed by atoms with Crippen LogP contribution in [0.2, 0.25) is 0 Å². The molecule has 1 aromatic rings. The van der Waals surface area contributed by atoms with Gasteiger partial charge in [0.25, 0.3) is 0 Å². The van der Waals surface area contributed by atoms with E-state index in [-0.39, 0.29) is 42.5 Å². The summed E-state index contributed by atoms with van der Waals surface area (Å²) >= 11 is 0. The zero-order valence-electron chi connectivity index (χ0n) is 17.2. The molecule has 1 atom stereocenters. The minimum atomic E-state index is -3.05. The fraction of sp³-hybridized carbons (Fsp3) is 0.600. The summed E-state index contributed by atoms with van der Waals surface area (Å²) in [5.74, 6) is -0.140. The third-order valence-electron chi connectivity index (χ3n) is 5.00. The normalized spacial score (nSPS) is 18.2. The van der Waals surface area contributed by atoms with Gasteiger partial charge in [-0.25, -0.2) is 8.42 Å². The summed E-state index contributed by atoms with van der Waals surface area (Å²) < 4.78 is 23.5. The highest BCUT2D eigenvalue weighted by atomic mass is 32.2. The molecule has 0 radical (unpaired) electrons. The van der Waals surface area contributed by atoms with Gasteiger partial charge in [-0.3, -0.25) is 14.5 Å². The molecule has 1 aliphatic rings. The Hall–Kier alpha value is -1.93. The molecule has 8 heteroatoms. The zero-order chi connectivity index (χ0) is 20.9. The maximum atomic E-state index is 12.7. The minimum absolute atomic E-state index is 0.0372. The molecule has 156 valence electrons. The van der Waals surface area contributed by atoms with Gasteiger partial charge in [0.1, 0.15) is 0 Å². The summed E-state index contributed by atoms with van der Waals surface area (Å²) in [5.41, 5.74) is 2.78. The number of hydrogen-bond donors (Lipinski definition) is 1. The van der Waals surface area contributed by atoms with Gasteiger partial charge in [0.2, 0.25) is 11.8 Å². The fourth-order valence-electron chi connectivity index (χ4n) is 3.59. The number of hydrogen-bond acceptors (Lipinski definition) is 5. The van der Waals surface area contributed by atoms with E-state index in [9.17, 15) is 18.0 Å². The molecule has 1 N–H and O–H groups in total. The summed E-state index contributed by atoms with van der Waals surface area (Å²) in [6.45, 7) is 6.54. The van der Waals surface area contributed by atoms with E-state index in [1.165, 1.54) is 0 Å². The molecule has 0 aromatic heterocycles. The van der Waals surface area contributed by atoms with Crippen LogP contribution in [0.1, 0.15) is 30.9 Å². The van der Waals surface area contributed by atoms with Crippen LogP contribution in [0.3, 0.4) is 0 Å². The monoisotopic (exact) mass is 409 g/mol. The third kappa shape index (κ3) is 6.04. The number of anilines is 1. The first-order chi connectivity index (χ1) is 13.1. The van der Waals surface area contributed by atoms with E-state index in [4.69, 9.17) is 0 Å². The van der Waals surface area contributed by atoms with Gasteiger partial charge in [-0.15, -0.1) is 0 Å². The minimum Gasteiger partial charge on any atom is -0.338 e. The molecule has 0 saturated carbocycles. The van der Waals surface area contributed by atoms with Crippen molar-refractivity contribution in [3.05, 3.63) is 29.3 Å². The van der Waals surface area contributed by atoms with Crippen LogP contribution in [0.4, 0.5) is 5.69 Å². The quantitative estimate of drug-likeness (QED) is 0.705. The van der Waals surface area contributed by atoms with Gasteiger partial charge in [0.05, 0.1) is 24.6 Å². The Kier molecular flexibility index (Phi) is 7.60.